The average molecular weight is 314 g/mol. The van der Waals surface area contributed by atoms with Gasteiger partial charge in [-0.2, -0.15) is 11.8 Å². The van der Waals surface area contributed by atoms with Crippen LogP contribution in [0.2, 0.25) is 0 Å². The molecule has 0 spiro atoms. The van der Waals surface area contributed by atoms with Gasteiger partial charge >= 0.3 is 0 Å². The number of hydrogen-bond donors (Lipinski definition) is 0. The molecule has 0 unspecified atom stereocenters. The van der Waals surface area contributed by atoms with Crippen LogP contribution in [0, 0.1) is 5.92 Å². The minimum absolute atomic E-state index is 0.0294. The molecule has 3 nitrogen and oxygen atoms in total. The van der Waals surface area contributed by atoms with Crippen LogP contribution >= 0.6 is 11.8 Å². The van der Waals surface area contributed by atoms with Gasteiger partial charge in [-0.15, -0.1) is 0 Å². The van der Waals surface area contributed by atoms with Gasteiger partial charge in [0.25, 0.3) is 0 Å². The molecule has 0 N–H and O–H groups in total. The van der Waals surface area contributed by atoms with Crippen LogP contribution in [0.4, 0.5) is 0 Å². The van der Waals surface area contributed by atoms with Crippen LogP contribution < -0.4 is 0 Å². The number of carbonyl (C=O) groups is 1. The quantitative estimate of drug-likeness (QED) is 0.864. The molecule has 1 amide bonds. The van der Waals surface area contributed by atoms with Gasteiger partial charge in [-0.3, -0.25) is 4.79 Å². The molecule has 0 aliphatic carbocycles. The molecule has 0 bridgehead atoms. The van der Waals surface area contributed by atoms with Gasteiger partial charge in [-0.25, -0.2) is 0 Å². The van der Waals surface area contributed by atoms with E-state index >= 15 is 0 Å². The molecular formula is C18H22N2OS. The van der Waals surface area contributed by atoms with E-state index in [-0.39, 0.29) is 17.9 Å². The highest BCUT2D eigenvalue weighted by molar-refractivity contribution is 7.98. The Morgan fingerprint density at radius 3 is 2.73 bits per heavy atom. The first-order valence-corrected chi connectivity index (χ1v) is 9.11. The molecule has 3 rings (SSSR count). The molecule has 2 aromatic rings. The fourth-order valence-corrected chi connectivity index (χ4v) is 3.85. The van der Waals surface area contributed by atoms with Gasteiger partial charge in [0, 0.05) is 36.7 Å². The van der Waals surface area contributed by atoms with Crippen LogP contribution in [0.3, 0.4) is 0 Å². The lowest BCUT2D eigenvalue weighted by molar-refractivity contribution is -0.137. The second kappa shape index (κ2) is 6.61. The van der Waals surface area contributed by atoms with Crippen LogP contribution in [0.5, 0.6) is 0 Å². The highest BCUT2D eigenvalue weighted by Gasteiger charge is 2.33. The van der Waals surface area contributed by atoms with E-state index in [0.717, 1.165) is 18.8 Å². The molecular weight excluding hydrogens is 292 g/mol. The van der Waals surface area contributed by atoms with Crippen molar-refractivity contribution in [3.8, 4) is 0 Å². The highest BCUT2D eigenvalue weighted by Crippen LogP contribution is 2.33. The lowest BCUT2D eigenvalue weighted by Crippen LogP contribution is -2.45. The van der Waals surface area contributed by atoms with E-state index in [1.54, 1.807) is 11.8 Å². The maximum Gasteiger partial charge on any atom is 0.227 e. The fraction of sp³-hybridized carbons (Fsp3) is 0.389. The van der Waals surface area contributed by atoms with Crippen molar-refractivity contribution in [2.45, 2.75) is 19.5 Å². The standard InChI is InChI=1S/C18H22N2OS/c1-14(13-22-2)18(21)20-12-11-19-10-6-9-16(19)17(20)15-7-4-3-5-8-15/h3-10,14,17H,11-13H2,1-2H3/t14-,17-/m1/s1. The highest BCUT2D eigenvalue weighted by atomic mass is 32.2. The summed E-state index contributed by atoms with van der Waals surface area (Å²) in [5, 5.41) is 0. The van der Waals surface area contributed by atoms with Crippen molar-refractivity contribution in [1.29, 1.82) is 0 Å². The van der Waals surface area contributed by atoms with Gasteiger partial charge in [-0.05, 0) is 24.0 Å². The second-order valence-electron chi connectivity index (χ2n) is 5.83. The molecule has 116 valence electrons. The van der Waals surface area contributed by atoms with Crippen molar-refractivity contribution >= 4 is 17.7 Å². The third-order valence-corrected chi connectivity index (χ3v) is 5.11. The van der Waals surface area contributed by atoms with Crippen molar-refractivity contribution < 1.29 is 4.79 Å². The maximum absolute atomic E-state index is 12.9. The number of carbonyl (C=O) groups excluding carboxylic acids is 1. The number of fused-ring (bicyclic) bond motifs is 1. The summed E-state index contributed by atoms with van der Waals surface area (Å²) in [6, 6.07) is 14.6. The summed E-state index contributed by atoms with van der Waals surface area (Å²) in [7, 11) is 0. The van der Waals surface area contributed by atoms with Crippen LogP contribution in [0.1, 0.15) is 24.2 Å². The van der Waals surface area contributed by atoms with E-state index < -0.39 is 0 Å². The van der Waals surface area contributed by atoms with Gasteiger partial charge < -0.3 is 9.47 Å². The molecule has 0 fully saturated rings. The number of aromatic nitrogens is 1. The molecule has 1 aliphatic rings. The SMILES string of the molecule is CSC[C@@H](C)C(=O)N1CCn2cccc2[C@H]1c1ccccc1. The zero-order chi connectivity index (χ0) is 15.5. The smallest absolute Gasteiger partial charge is 0.227 e. The Morgan fingerprint density at radius 2 is 2.00 bits per heavy atom. The van der Waals surface area contributed by atoms with Gasteiger partial charge in [0.2, 0.25) is 5.91 Å². The lowest BCUT2D eigenvalue weighted by atomic mass is 9.98. The first kappa shape index (κ1) is 15.2. The lowest BCUT2D eigenvalue weighted by Gasteiger charge is -2.38. The molecule has 4 heteroatoms. The summed E-state index contributed by atoms with van der Waals surface area (Å²) < 4.78 is 2.26. The normalized spacial score (nSPS) is 18.8. The Bertz CT molecular complexity index is 638. The van der Waals surface area contributed by atoms with Crippen molar-refractivity contribution in [2.75, 3.05) is 18.6 Å². The first-order valence-electron chi connectivity index (χ1n) is 7.71. The summed E-state index contributed by atoms with van der Waals surface area (Å²) in [6.07, 6.45) is 4.16. The number of amides is 1. The van der Waals surface area contributed by atoms with E-state index in [1.807, 2.05) is 25.1 Å². The van der Waals surface area contributed by atoms with Crippen LogP contribution in [0.15, 0.2) is 48.7 Å². The molecule has 2 atom stereocenters. The number of nitrogens with zero attached hydrogens (tertiary/aromatic N) is 2. The summed E-state index contributed by atoms with van der Waals surface area (Å²) >= 11 is 1.73. The zero-order valence-electron chi connectivity index (χ0n) is 13.1. The van der Waals surface area contributed by atoms with Crippen molar-refractivity contribution in [3.05, 3.63) is 59.9 Å². The van der Waals surface area contributed by atoms with Crippen molar-refractivity contribution in [3.63, 3.8) is 0 Å². The minimum atomic E-state index is 0.0294. The Labute approximate surface area is 136 Å². The number of benzene rings is 1. The molecule has 0 saturated carbocycles. The molecule has 1 aliphatic heterocycles. The molecule has 1 aromatic heterocycles. The molecule has 22 heavy (non-hydrogen) atoms. The van der Waals surface area contributed by atoms with E-state index in [0.29, 0.717) is 0 Å². The largest absolute Gasteiger partial charge is 0.348 e. The predicted octanol–water partition coefficient (Wildman–Crippen LogP) is 3.42. The molecule has 0 radical (unpaired) electrons. The van der Waals surface area contributed by atoms with E-state index in [9.17, 15) is 4.79 Å². The van der Waals surface area contributed by atoms with Gasteiger partial charge in [0.15, 0.2) is 0 Å². The fourth-order valence-electron chi connectivity index (χ4n) is 3.21. The van der Waals surface area contributed by atoms with Gasteiger partial charge in [-0.1, -0.05) is 37.3 Å². The third-order valence-electron chi connectivity index (χ3n) is 4.27. The number of rotatable bonds is 4. The number of hydrogen-bond acceptors (Lipinski definition) is 2. The van der Waals surface area contributed by atoms with Gasteiger partial charge in [0.05, 0.1) is 6.04 Å². The minimum Gasteiger partial charge on any atom is -0.348 e. The van der Waals surface area contributed by atoms with Crippen molar-refractivity contribution in [2.24, 2.45) is 5.92 Å². The third kappa shape index (κ3) is 2.80. The van der Waals surface area contributed by atoms with Gasteiger partial charge in [0.1, 0.15) is 0 Å². The first-order chi connectivity index (χ1) is 10.7. The second-order valence-corrected chi connectivity index (χ2v) is 6.74. The summed E-state index contributed by atoms with van der Waals surface area (Å²) in [5.41, 5.74) is 2.40. The zero-order valence-corrected chi connectivity index (χ0v) is 13.9. The maximum atomic E-state index is 12.9. The van der Waals surface area contributed by atoms with Crippen LogP contribution in [0.25, 0.3) is 0 Å². The van der Waals surface area contributed by atoms with E-state index in [4.69, 9.17) is 0 Å². The molecule has 2 heterocycles. The Hall–Kier alpha value is -1.68. The Balaban J connectivity index is 1.97. The number of thioether (sulfide) groups is 1. The van der Waals surface area contributed by atoms with Crippen LogP contribution in [-0.4, -0.2) is 33.9 Å². The summed E-state index contributed by atoms with van der Waals surface area (Å²) in [5.74, 6) is 1.19. The Kier molecular flexibility index (Phi) is 4.57. The summed E-state index contributed by atoms with van der Waals surface area (Å²) in [4.78, 5) is 15.0. The van der Waals surface area contributed by atoms with E-state index in [1.165, 1.54) is 11.3 Å². The predicted molar refractivity (Wildman–Crippen MR) is 92.0 cm³/mol. The van der Waals surface area contributed by atoms with Crippen molar-refractivity contribution in [1.82, 2.24) is 9.47 Å². The topological polar surface area (TPSA) is 25.2 Å². The van der Waals surface area contributed by atoms with E-state index in [2.05, 4.69) is 46.2 Å². The molecule has 0 saturated heterocycles. The molecule has 1 aromatic carbocycles. The summed E-state index contributed by atoms with van der Waals surface area (Å²) in [6.45, 7) is 3.69. The van der Waals surface area contributed by atoms with Crippen LogP contribution in [-0.2, 0) is 11.3 Å². The average Bonchev–Trinajstić information content (AvgIpc) is 3.02. The monoisotopic (exact) mass is 314 g/mol. The Morgan fingerprint density at radius 1 is 1.23 bits per heavy atom.